The first-order chi connectivity index (χ1) is 7.48. The van der Waals surface area contributed by atoms with Crippen LogP contribution in [0.15, 0.2) is 27.5 Å². The van der Waals surface area contributed by atoms with Crippen molar-refractivity contribution >= 4 is 0 Å². The average Bonchev–Trinajstić information content (AvgIpc) is 2.85. The number of nitrogens with zero attached hydrogens (tertiary/aromatic N) is 2. The number of furan rings is 1. The Bertz CT molecular complexity index is 454. The summed E-state index contributed by atoms with van der Waals surface area (Å²) in [6.45, 7) is 6.08. The Morgan fingerprint density at radius 3 is 2.69 bits per heavy atom. The van der Waals surface area contributed by atoms with E-state index < -0.39 is 0 Å². The maximum atomic E-state index is 6.02. The Balaban J connectivity index is 2.27. The zero-order chi connectivity index (χ0) is 11.8. The van der Waals surface area contributed by atoms with E-state index in [9.17, 15) is 0 Å². The summed E-state index contributed by atoms with van der Waals surface area (Å²) in [6, 6.07) is 1.50. The van der Waals surface area contributed by atoms with Crippen molar-refractivity contribution in [1.82, 2.24) is 10.1 Å². The molecular formula is C11H15N3O2. The Morgan fingerprint density at radius 1 is 1.38 bits per heavy atom. The van der Waals surface area contributed by atoms with E-state index in [-0.39, 0.29) is 11.5 Å². The Hall–Kier alpha value is -1.62. The van der Waals surface area contributed by atoms with Crippen molar-refractivity contribution < 1.29 is 8.94 Å². The van der Waals surface area contributed by atoms with Crippen LogP contribution in [0.5, 0.6) is 0 Å². The van der Waals surface area contributed by atoms with Crippen LogP contribution in [0.4, 0.5) is 0 Å². The molecule has 2 aromatic heterocycles. The van der Waals surface area contributed by atoms with Crippen LogP contribution in [0.3, 0.4) is 0 Å². The Morgan fingerprint density at radius 2 is 2.12 bits per heavy atom. The van der Waals surface area contributed by atoms with E-state index in [1.54, 1.807) is 18.6 Å². The quantitative estimate of drug-likeness (QED) is 0.842. The molecule has 0 aromatic carbocycles. The van der Waals surface area contributed by atoms with Gasteiger partial charge in [-0.2, -0.15) is 4.98 Å². The molecule has 2 N–H and O–H groups in total. The summed E-state index contributed by atoms with van der Waals surface area (Å²) in [5.41, 5.74) is 6.70. The van der Waals surface area contributed by atoms with Gasteiger partial charge in [0.2, 0.25) is 11.7 Å². The van der Waals surface area contributed by atoms with Gasteiger partial charge in [0.15, 0.2) is 0 Å². The molecule has 0 amide bonds. The highest BCUT2D eigenvalue weighted by Gasteiger charge is 2.27. The van der Waals surface area contributed by atoms with Crippen LogP contribution in [0, 0.1) is 5.41 Å². The van der Waals surface area contributed by atoms with Gasteiger partial charge >= 0.3 is 0 Å². The van der Waals surface area contributed by atoms with Crippen molar-refractivity contribution in [2.45, 2.75) is 26.8 Å². The van der Waals surface area contributed by atoms with E-state index in [0.717, 1.165) is 5.56 Å². The van der Waals surface area contributed by atoms with Crippen molar-refractivity contribution in [1.29, 1.82) is 0 Å². The van der Waals surface area contributed by atoms with E-state index in [0.29, 0.717) is 11.7 Å². The standard InChI is InChI=1S/C11H15N3O2/c1-11(2,3)8(12)10-13-9(14-16-10)7-4-5-15-6-7/h4-6,8H,12H2,1-3H3/t8-/m0/s1. The maximum absolute atomic E-state index is 6.02. The molecule has 2 rings (SSSR count). The number of hydrogen-bond acceptors (Lipinski definition) is 5. The molecule has 0 aliphatic rings. The fraction of sp³-hybridized carbons (Fsp3) is 0.455. The molecule has 0 saturated carbocycles. The summed E-state index contributed by atoms with van der Waals surface area (Å²) in [5, 5.41) is 3.87. The minimum absolute atomic E-state index is 0.111. The van der Waals surface area contributed by atoms with Crippen LogP contribution < -0.4 is 5.73 Å². The summed E-state index contributed by atoms with van der Waals surface area (Å²) < 4.78 is 10.1. The zero-order valence-electron chi connectivity index (χ0n) is 9.60. The van der Waals surface area contributed by atoms with E-state index in [4.69, 9.17) is 14.7 Å². The number of rotatable bonds is 2. The molecule has 0 aliphatic heterocycles. The first kappa shape index (κ1) is 10.9. The van der Waals surface area contributed by atoms with E-state index in [1.165, 1.54) is 0 Å². The van der Waals surface area contributed by atoms with Crippen LogP contribution >= 0.6 is 0 Å². The van der Waals surface area contributed by atoms with Crippen molar-refractivity contribution in [3.8, 4) is 11.4 Å². The molecule has 2 aromatic rings. The summed E-state index contributed by atoms with van der Waals surface area (Å²) in [6.07, 6.45) is 3.13. The van der Waals surface area contributed by atoms with Gasteiger partial charge in [0.25, 0.3) is 0 Å². The predicted octanol–water partition coefficient (Wildman–Crippen LogP) is 2.38. The highest BCUT2D eigenvalue weighted by Crippen LogP contribution is 2.30. The highest BCUT2D eigenvalue weighted by atomic mass is 16.5. The molecule has 86 valence electrons. The summed E-state index contributed by atoms with van der Waals surface area (Å²) in [4.78, 5) is 4.26. The van der Waals surface area contributed by atoms with Crippen LogP contribution in [0.2, 0.25) is 0 Å². The molecule has 0 spiro atoms. The third-order valence-electron chi connectivity index (χ3n) is 2.42. The molecule has 2 heterocycles. The number of hydrogen-bond donors (Lipinski definition) is 1. The Kier molecular flexibility index (Phi) is 2.55. The lowest BCUT2D eigenvalue weighted by atomic mass is 9.87. The smallest absolute Gasteiger partial charge is 0.244 e. The molecule has 1 atom stereocenters. The number of aromatic nitrogens is 2. The maximum Gasteiger partial charge on any atom is 0.244 e. The fourth-order valence-corrected chi connectivity index (χ4v) is 1.24. The van der Waals surface area contributed by atoms with Gasteiger partial charge in [-0.3, -0.25) is 0 Å². The van der Waals surface area contributed by atoms with Gasteiger partial charge in [-0.15, -0.1) is 0 Å². The molecule has 0 radical (unpaired) electrons. The normalized spacial score (nSPS) is 14.0. The topological polar surface area (TPSA) is 78.1 Å². The van der Waals surface area contributed by atoms with E-state index in [1.807, 2.05) is 20.8 Å². The van der Waals surface area contributed by atoms with E-state index in [2.05, 4.69) is 10.1 Å². The zero-order valence-corrected chi connectivity index (χ0v) is 9.60. The molecule has 5 heteroatoms. The molecule has 0 bridgehead atoms. The SMILES string of the molecule is CC(C)(C)[C@@H](N)c1nc(-c2ccoc2)no1. The number of nitrogens with two attached hydrogens (primary N) is 1. The first-order valence-corrected chi connectivity index (χ1v) is 5.10. The second kappa shape index (κ2) is 3.75. The van der Waals surface area contributed by atoms with Gasteiger partial charge in [-0.25, -0.2) is 0 Å². The van der Waals surface area contributed by atoms with Crippen LogP contribution in [-0.4, -0.2) is 10.1 Å². The second-order valence-corrected chi connectivity index (χ2v) is 4.81. The van der Waals surface area contributed by atoms with Crippen LogP contribution in [0.1, 0.15) is 32.7 Å². The lowest BCUT2D eigenvalue weighted by molar-refractivity contribution is 0.253. The third kappa shape index (κ3) is 1.99. The first-order valence-electron chi connectivity index (χ1n) is 5.10. The van der Waals surface area contributed by atoms with Crippen molar-refractivity contribution in [3.05, 3.63) is 24.5 Å². The summed E-state index contributed by atoms with van der Waals surface area (Å²) in [7, 11) is 0. The van der Waals surface area contributed by atoms with Gasteiger partial charge < -0.3 is 14.7 Å². The lowest BCUT2D eigenvalue weighted by Crippen LogP contribution is -2.26. The molecule has 0 fully saturated rings. The molecule has 5 nitrogen and oxygen atoms in total. The summed E-state index contributed by atoms with van der Waals surface area (Å²) in [5.74, 6) is 0.951. The second-order valence-electron chi connectivity index (χ2n) is 4.81. The minimum atomic E-state index is -0.277. The molecule has 0 unspecified atom stereocenters. The Labute approximate surface area is 93.6 Å². The van der Waals surface area contributed by atoms with Crippen molar-refractivity contribution in [2.75, 3.05) is 0 Å². The van der Waals surface area contributed by atoms with E-state index >= 15 is 0 Å². The average molecular weight is 221 g/mol. The van der Waals surface area contributed by atoms with Gasteiger partial charge in [-0.1, -0.05) is 25.9 Å². The van der Waals surface area contributed by atoms with Gasteiger partial charge in [0, 0.05) is 0 Å². The molecular weight excluding hydrogens is 206 g/mol. The lowest BCUT2D eigenvalue weighted by Gasteiger charge is -2.23. The van der Waals surface area contributed by atoms with Gasteiger partial charge in [0.1, 0.15) is 6.26 Å². The van der Waals surface area contributed by atoms with Crippen LogP contribution in [-0.2, 0) is 0 Å². The fourth-order valence-electron chi connectivity index (χ4n) is 1.24. The van der Waals surface area contributed by atoms with Crippen LogP contribution in [0.25, 0.3) is 11.4 Å². The highest BCUT2D eigenvalue weighted by molar-refractivity contribution is 5.51. The molecule has 0 aliphatic carbocycles. The monoisotopic (exact) mass is 221 g/mol. The third-order valence-corrected chi connectivity index (χ3v) is 2.42. The predicted molar refractivity (Wildman–Crippen MR) is 58.4 cm³/mol. The van der Waals surface area contributed by atoms with Gasteiger partial charge in [0.05, 0.1) is 17.9 Å². The molecule has 16 heavy (non-hydrogen) atoms. The van der Waals surface area contributed by atoms with Crippen molar-refractivity contribution in [3.63, 3.8) is 0 Å². The molecule has 0 saturated heterocycles. The van der Waals surface area contributed by atoms with Gasteiger partial charge in [-0.05, 0) is 11.5 Å². The van der Waals surface area contributed by atoms with Crippen molar-refractivity contribution in [2.24, 2.45) is 11.1 Å². The summed E-state index contributed by atoms with van der Waals surface area (Å²) >= 11 is 0. The minimum Gasteiger partial charge on any atom is -0.472 e. The largest absolute Gasteiger partial charge is 0.472 e.